The van der Waals surface area contributed by atoms with Gasteiger partial charge in [0.15, 0.2) is 11.4 Å². The van der Waals surface area contributed by atoms with Gasteiger partial charge in [-0.1, -0.05) is 18.2 Å². The molecule has 2 atom stereocenters. The maximum absolute atomic E-state index is 13.7. The highest BCUT2D eigenvalue weighted by atomic mass is 19.4. The number of alkyl halides is 4. The molecule has 0 spiro atoms. The molecule has 2 aromatic heterocycles. The van der Waals surface area contributed by atoms with Gasteiger partial charge in [-0.3, -0.25) is 9.20 Å². The summed E-state index contributed by atoms with van der Waals surface area (Å²) in [6.07, 6.45) is -2.50. The Hall–Kier alpha value is -3.95. The van der Waals surface area contributed by atoms with Gasteiger partial charge in [-0.2, -0.15) is 13.2 Å². The van der Waals surface area contributed by atoms with E-state index in [0.29, 0.717) is 40.1 Å². The molecule has 1 saturated carbocycles. The number of carbonyl (C=O) groups is 1. The second-order valence-electron chi connectivity index (χ2n) is 9.45. The molecule has 1 aliphatic carbocycles. The van der Waals surface area contributed by atoms with E-state index in [1.807, 2.05) is 6.07 Å². The van der Waals surface area contributed by atoms with Crippen LogP contribution in [0.3, 0.4) is 0 Å². The Morgan fingerprint density at radius 1 is 1.16 bits per heavy atom. The topological polar surface area (TPSA) is 55.6 Å². The van der Waals surface area contributed by atoms with Crippen molar-refractivity contribution in [1.82, 2.24) is 9.38 Å². The number of hydrogen-bond acceptors (Lipinski definition) is 4. The summed E-state index contributed by atoms with van der Waals surface area (Å²) in [5.41, 5.74) is 3.24. The van der Waals surface area contributed by atoms with Crippen LogP contribution in [0.15, 0.2) is 60.9 Å². The number of aromatic nitrogens is 2. The van der Waals surface area contributed by atoms with Gasteiger partial charge in [0, 0.05) is 42.1 Å². The summed E-state index contributed by atoms with van der Waals surface area (Å²) in [4.78, 5) is 17.0. The van der Waals surface area contributed by atoms with Gasteiger partial charge in [0.1, 0.15) is 23.5 Å². The molecule has 0 amide bonds. The average Bonchev–Trinajstić information content (AvgIpc) is 3.35. The second-order valence-corrected chi connectivity index (χ2v) is 9.45. The van der Waals surface area contributed by atoms with Gasteiger partial charge >= 0.3 is 6.18 Å². The highest BCUT2D eigenvalue weighted by Crippen LogP contribution is 2.38. The first-order chi connectivity index (χ1) is 18.1. The molecule has 1 aliphatic rings. The van der Waals surface area contributed by atoms with Crippen molar-refractivity contribution in [2.24, 2.45) is 5.92 Å². The lowest BCUT2D eigenvalue weighted by molar-refractivity contribution is -0.131. The Bertz CT molecular complexity index is 1500. The fraction of sp³-hybridized carbons (Fsp3) is 0.286. The van der Waals surface area contributed by atoms with E-state index in [2.05, 4.69) is 10.3 Å². The number of imidazole rings is 1. The van der Waals surface area contributed by atoms with Crippen LogP contribution in [0.1, 0.15) is 35.2 Å². The van der Waals surface area contributed by atoms with Gasteiger partial charge in [-0.25, -0.2) is 13.8 Å². The van der Waals surface area contributed by atoms with Crippen LogP contribution in [0.4, 0.5) is 27.6 Å². The predicted molar refractivity (Wildman–Crippen MR) is 133 cm³/mol. The lowest BCUT2D eigenvalue weighted by atomic mass is 9.98. The van der Waals surface area contributed by atoms with Crippen LogP contribution in [0.2, 0.25) is 0 Å². The van der Waals surface area contributed by atoms with E-state index in [1.165, 1.54) is 24.3 Å². The predicted octanol–water partition coefficient (Wildman–Crippen LogP) is 7.54. The first kappa shape index (κ1) is 25.7. The number of carbonyl (C=O) groups excluding carboxylic acids is 1. The van der Waals surface area contributed by atoms with Crippen LogP contribution in [0.25, 0.3) is 16.9 Å². The van der Waals surface area contributed by atoms with Crippen molar-refractivity contribution in [2.45, 2.75) is 38.5 Å². The summed E-state index contributed by atoms with van der Waals surface area (Å²) < 4.78 is 72.7. The Morgan fingerprint density at radius 2 is 1.95 bits per heavy atom. The zero-order valence-corrected chi connectivity index (χ0v) is 20.4. The molecule has 5 rings (SSSR count). The summed E-state index contributed by atoms with van der Waals surface area (Å²) in [5.74, 6) is -0.341. The molecule has 1 fully saturated rings. The van der Waals surface area contributed by atoms with Crippen LogP contribution >= 0.6 is 0 Å². The molecule has 0 unspecified atom stereocenters. The normalized spacial score (nSPS) is 17.0. The molecule has 5 nitrogen and oxygen atoms in total. The summed E-state index contributed by atoms with van der Waals surface area (Å²) in [7, 11) is 0. The monoisotopic (exact) mass is 529 g/mol. The number of ether oxygens (including phenoxy) is 1. The number of anilines is 1. The number of aryl methyl sites for hydroxylation is 1. The van der Waals surface area contributed by atoms with E-state index in [4.69, 9.17) is 4.74 Å². The van der Waals surface area contributed by atoms with Gasteiger partial charge in [-0.15, -0.1) is 0 Å². The van der Waals surface area contributed by atoms with Crippen LogP contribution in [-0.4, -0.2) is 34.1 Å². The second kappa shape index (κ2) is 10.1. The van der Waals surface area contributed by atoms with E-state index >= 15 is 0 Å². The number of halogens is 5. The first-order valence-electron chi connectivity index (χ1n) is 12.1. The van der Waals surface area contributed by atoms with Crippen molar-refractivity contribution >= 4 is 17.1 Å². The van der Waals surface area contributed by atoms with Crippen LogP contribution in [0, 0.1) is 18.7 Å². The SMILES string of the molecule is Cc1cc(-c2cnc3c(NCCC(F)(F)F)cc(Oc4cccc(F)c4)cn23)ccc1C(=O)C[C@@H]1C[C@H]1F. The van der Waals surface area contributed by atoms with E-state index in [9.17, 15) is 26.7 Å². The number of nitrogens with zero attached hydrogens (tertiary/aromatic N) is 2. The fourth-order valence-corrected chi connectivity index (χ4v) is 4.37. The van der Waals surface area contributed by atoms with Gasteiger partial charge < -0.3 is 10.1 Å². The molecule has 0 bridgehead atoms. The van der Waals surface area contributed by atoms with Crippen LogP contribution in [0.5, 0.6) is 11.5 Å². The van der Waals surface area contributed by atoms with Gasteiger partial charge in [-0.05, 0) is 37.1 Å². The van der Waals surface area contributed by atoms with Crippen molar-refractivity contribution in [1.29, 1.82) is 0 Å². The number of nitrogens with one attached hydrogen (secondary N) is 1. The molecule has 0 radical (unpaired) electrons. The smallest absolute Gasteiger partial charge is 0.390 e. The third-order valence-electron chi connectivity index (χ3n) is 6.44. The summed E-state index contributed by atoms with van der Waals surface area (Å²) in [6, 6.07) is 12.3. The highest BCUT2D eigenvalue weighted by molar-refractivity contribution is 5.98. The molecule has 2 heterocycles. The minimum atomic E-state index is -4.33. The van der Waals surface area contributed by atoms with Crippen LogP contribution < -0.4 is 10.1 Å². The first-order valence-corrected chi connectivity index (χ1v) is 12.1. The van der Waals surface area contributed by atoms with Gasteiger partial charge in [0.25, 0.3) is 0 Å². The summed E-state index contributed by atoms with van der Waals surface area (Å²) >= 11 is 0. The fourth-order valence-electron chi connectivity index (χ4n) is 4.37. The van der Waals surface area contributed by atoms with E-state index in [0.717, 1.165) is 0 Å². The average molecular weight is 530 g/mol. The van der Waals surface area contributed by atoms with Crippen molar-refractivity contribution in [3.05, 3.63) is 77.9 Å². The molecular formula is C28H24F5N3O2. The number of hydrogen-bond donors (Lipinski definition) is 1. The number of ketones is 1. The zero-order valence-electron chi connectivity index (χ0n) is 20.4. The highest BCUT2D eigenvalue weighted by Gasteiger charge is 2.39. The van der Waals surface area contributed by atoms with Crippen molar-refractivity contribution < 1.29 is 31.5 Å². The maximum Gasteiger partial charge on any atom is 0.390 e. The molecule has 0 saturated heterocycles. The van der Waals surface area contributed by atoms with Gasteiger partial charge in [0.05, 0.1) is 30.2 Å². The lowest BCUT2D eigenvalue weighted by Gasteiger charge is -2.14. The molecule has 1 N–H and O–H groups in total. The number of fused-ring (bicyclic) bond motifs is 1. The van der Waals surface area contributed by atoms with E-state index in [1.54, 1.807) is 41.9 Å². The van der Waals surface area contributed by atoms with Crippen molar-refractivity contribution in [3.8, 4) is 22.8 Å². The molecular weight excluding hydrogens is 505 g/mol. The van der Waals surface area contributed by atoms with Gasteiger partial charge in [0.2, 0.25) is 0 Å². The minimum Gasteiger partial charge on any atom is -0.456 e. The Morgan fingerprint density at radius 3 is 2.63 bits per heavy atom. The third kappa shape index (κ3) is 5.79. The van der Waals surface area contributed by atoms with Crippen molar-refractivity contribution in [3.63, 3.8) is 0 Å². The standard InChI is InChI=1S/C28H24F5N3O2/c1-16-9-17(5-6-22(16)26(37)11-18-10-23(18)30)25-14-35-27-24(34-8-7-28(31,32)33)13-21(15-36(25)27)38-20-4-2-3-19(29)12-20/h2-6,9,12-15,18,23,34H,7-8,10-11H2,1H3/t18-,23+/m0/s1. The van der Waals surface area contributed by atoms with Crippen molar-refractivity contribution in [2.75, 3.05) is 11.9 Å². The number of Topliss-reactive ketones (excluding diaryl/α,β-unsaturated/α-hetero) is 1. The number of rotatable bonds is 9. The number of pyridine rings is 1. The molecule has 38 heavy (non-hydrogen) atoms. The largest absolute Gasteiger partial charge is 0.456 e. The lowest BCUT2D eigenvalue weighted by Crippen LogP contribution is -2.15. The number of benzene rings is 2. The zero-order chi connectivity index (χ0) is 27.0. The minimum absolute atomic E-state index is 0.112. The molecule has 2 aromatic carbocycles. The Balaban J connectivity index is 1.49. The molecule has 0 aliphatic heterocycles. The van der Waals surface area contributed by atoms with Crippen LogP contribution in [-0.2, 0) is 0 Å². The maximum atomic E-state index is 13.7. The Labute approximate surface area is 215 Å². The van der Waals surface area contributed by atoms with E-state index < -0.39 is 24.6 Å². The summed E-state index contributed by atoms with van der Waals surface area (Å²) in [6.45, 7) is 1.42. The third-order valence-corrected chi connectivity index (χ3v) is 6.44. The Kier molecular flexibility index (Phi) is 6.81. The van der Waals surface area contributed by atoms with E-state index in [-0.39, 0.29) is 36.2 Å². The quantitative estimate of drug-likeness (QED) is 0.180. The molecule has 4 aromatic rings. The molecule has 10 heteroatoms. The summed E-state index contributed by atoms with van der Waals surface area (Å²) in [5, 5.41) is 2.78. The molecule has 198 valence electrons.